The largest absolute Gasteiger partial charge is 0.481 e. The van der Waals surface area contributed by atoms with Crippen molar-refractivity contribution in [3.8, 4) is 39.5 Å². The zero-order valence-electron chi connectivity index (χ0n) is 24.2. The van der Waals surface area contributed by atoms with Gasteiger partial charge in [-0.05, 0) is 32.0 Å². The molecule has 0 bridgehead atoms. The van der Waals surface area contributed by atoms with Crippen LogP contribution in [0.2, 0.25) is 10.0 Å². The molecule has 9 nitrogen and oxygen atoms in total. The van der Waals surface area contributed by atoms with E-state index >= 15 is 0 Å². The van der Waals surface area contributed by atoms with E-state index in [0.717, 1.165) is 33.5 Å². The van der Waals surface area contributed by atoms with Gasteiger partial charge in [0.25, 0.3) is 0 Å². The first-order chi connectivity index (χ1) is 20.7. The summed E-state index contributed by atoms with van der Waals surface area (Å²) >= 11 is 14.0. The summed E-state index contributed by atoms with van der Waals surface area (Å²) in [4.78, 5) is 9.32. The number of halogens is 2. The second-order valence-corrected chi connectivity index (χ2v) is 11.2. The van der Waals surface area contributed by atoms with E-state index in [1.807, 2.05) is 66.9 Å². The zero-order valence-corrected chi connectivity index (χ0v) is 25.7. The van der Waals surface area contributed by atoms with Crippen molar-refractivity contribution in [2.24, 2.45) is 0 Å². The molecule has 2 atom stereocenters. The molecular weight excluding hydrogens is 587 g/mol. The van der Waals surface area contributed by atoms with E-state index in [1.165, 1.54) is 0 Å². The minimum atomic E-state index is -0.447. The number of hydrogen-bond acceptors (Lipinski definition) is 8. The van der Waals surface area contributed by atoms with Crippen molar-refractivity contribution in [1.29, 1.82) is 0 Å². The number of pyridine rings is 1. The number of aliphatic hydroxyl groups is 2. The number of methoxy groups -OCH3 is 1. The van der Waals surface area contributed by atoms with Crippen molar-refractivity contribution in [1.82, 2.24) is 30.2 Å². The summed E-state index contributed by atoms with van der Waals surface area (Å²) in [5.74, 6) is 0.486. The lowest BCUT2D eigenvalue weighted by molar-refractivity contribution is 0.190. The van der Waals surface area contributed by atoms with Gasteiger partial charge in [0.1, 0.15) is 0 Å². The molecule has 4 N–H and O–H groups in total. The van der Waals surface area contributed by atoms with Crippen LogP contribution in [0.25, 0.3) is 39.3 Å². The van der Waals surface area contributed by atoms with Crippen molar-refractivity contribution in [3.63, 3.8) is 0 Å². The van der Waals surface area contributed by atoms with Gasteiger partial charge in [-0.1, -0.05) is 65.7 Å². The molecule has 0 fully saturated rings. The number of rotatable bonds is 12. The molecule has 0 aliphatic rings. The number of ether oxygens (including phenoxy) is 1. The summed E-state index contributed by atoms with van der Waals surface area (Å²) in [5.41, 5.74) is 6.82. The van der Waals surface area contributed by atoms with Crippen LogP contribution in [0.3, 0.4) is 0 Å². The van der Waals surface area contributed by atoms with Crippen LogP contribution in [0.15, 0.2) is 66.9 Å². The first kappa shape index (κ1) is 30.9. The van der Waals surface area contributed by atoms with E-state index in [1.54, 1.807) is 25.5 Å². The molecule has 43 heavy (non-hydrogen) atoms. The molecule has 224 valence electrons. The number of imidazole rings is 1. The average Bonchev–Trinajstić information content (AvgIpc) is 3.39. The Kier molecular flexibility index (Phi) is 9.92. The molecule has 0 aliphatic carbocycles. The van der Waals surface area contributed by atoms with Gasteiger partial charge in [0, 0.05) is 54.0 Å². The molecule has 5 aromatic rings. The Bertz CT molecular complexity index is 1720. The molecule has 0 spiro atoms. The predicted molar refractivity (Wildman–Crippen MR) is 170 cm³/mol. The Hall–Kier alpha value is -3.57. The second kappa shape index (κ2) is 13.8. The predicted octanol–water partition coefficient (Wildman–Crippen LogP) is 5.38. The average molecular weight is 622 g/mol. The van der Waals surface area contributed by atoms with Gasteiger partial charge in [0.15, 0.2) is 5.65 Å². The number of aromatic nitrogens is 4. The highest BCUT2D eigenvalue weighted by Gasteiger charge is 2.18. The normalized spacial score (nSPS) is 12.9. The van der Waals surface area contributed by atoms with Crippen LogP contribution >= 0.6 is 23.2 Å². The molecule has 11 heteroatoms. The van der Waals surface area contributed by atoms with Crippen LogP contribution in [0.4, 0.5) is 0 Å². The molecular formula is C32H34Cl2N6O3. The lowest BCUT2D eigenvalue weighted by Gasteiger charge is -2.15. The highest BCUT2D eigenvalue weighted by molar-refractivity contribution is 6.39. The summed E-state index contributed by atoms with van der Waals surface area (Å²) < 4.78 is 7.29. The number of aliphatic hydroxyl groups excluding tert-OH is 2. The van der Waals surface area contributed by atoms with Gasteiger partial charge in [-0.3, -0.25) is 0 Å². The van der Waals surface area contributed by atoms with E-state index < -0.39 is 12.2 Å². The summed E-state index contributed by atoms with van der Waals surface area (Å²) in [7, 11) is 1.58. The maximum atomic E-state index is 9.54. The maximum absolute atomic E-state index is 9.54. The van der Waals surface area contributed by atoms with Crippen molar-refractivity contribution in [2.45, 2.75) is 39.1 Å². The first-order valence-electron chi connectivity index (χ1n) is 14.0. The Morgan fingerprint density at radius 1 is 0.767 bits per heavy atom. The fourth-order valence-corrected chi connectivity index (χ4v) is 5.44. The summed E-state index contributed by atoms with van der Waals surface area (Å²) in [6, 6.07) is 19.2. The molecule has 2 aromatic carbocycles. The van der Waals surface area contributed by atoms with Gasteiger partial charge in [-0.15, -0.1) is 0 Å². The van der Waals surface area contributed by atoms with E-state index in [-0.39, 0.29) is 0 Å². The molecule has 3 aromatic heterocycles. The zero-order chi connectivity index (χ0) is 30.5. The highest BCUT2D eigenvalue weighted by atomic mass is 35.5. The molecule has 0 amide bonds. The molecule has 3 heterocycles. The van der Waals surface area contributed by atoms with Crippen LogP contribution in [-0.2, 0) is 13.1 Å². The van der Waals surface area contributed by atoms with Gasteiger partial charge in [0.05, 0.1) is 52.6 Å². The van der Waals surface area contributed by atoms with E-state index in [4.69, 9.17) is 38.0 Å². The maximum Gasteiger partial charge on any atom is 0.218 e. The lowest BCUT2D eigenvalue weighted by atomic mass is 9.98. The summed E-state index contributed by atoms with van der Waals surface area (Å²) in [5, 5.41) is 31.2. The monoisotopic (exact) mass is 620 g/mol. The Morgan fingerprint density at radius 2 is 1.35 bits per heavy atom. The number of nitrogens with one attached hydrogen (secondary N) is 2. The van der Waals surface area contributed by atoms with Gasteiger partial charge in [-0.25, -0.2) is 14.5 Å². The third-order valence-corrected chi connectivity index (χ3v) is 7.66. The van der Waals surface area contributed by atoms with Crippen LogP contribution in [-0.4, -0.2) is 62.2 Å². The fourth-order valence-electron chi connectivity index (χ4n) is 4.79. The second-order valence-electron chi connectivity index (χ2n) is 10.4. The standard InChI is InChI=1S/C32H34Cl2N6O3/c1-19(41)14-35-16-21-10-11-27(38-32(21)43-3)25-8-4-6-23(30(25)33)24-7-5-9-26(31(24)34)28-12-13-29-37-22(18-40(29)39-28)17-36-15-20(2)42/h4-13,18-20,35-36,41-42H,14-17H2,1-3H3/t19-,20-/m0/s1. The molecule has 0 saturated carbocycles. The van der Waals surface area contributed by atoms with E-state index in [0.29, 0.717) is 59.1 Å². The van der Waals surface area contributed by atoms with Crippen LogP contribution < -0.4 is 15.4 Å². The van der Waals surface area contributed by atoms with Crippen LogP contribution in [0, 0.1) is 0 Å². The van der Waals surface area contributed by atoms with Gasteiger partial charge >= 0.3 is 0 Å². The third kappa shape index (κ3) is 7.15. The summed E-state index contributed by atoms with van der Waals surface area (Å²) in [6.45, 7) is 5.45. The number of nitrogens with zero attached hydrogens (tertiary/aromatic N) is 4. The van der Waals surface area contributed by atoms with Crippen molar-refractivity contribution >= 4 is 28.8 Å². The molecule has 5 rings (SSSR count). The Labute approximate surface area is 260 Å². The van der Waals surface area contributed by atoms with Crippen molar-refractivity contribution in [3.05, 3.63) is 88.2 Å². The molecule has 0 saturated heterocycles. The third-order valence-electron chi connectivity index (χ3n) is 6.84. The smallest absolute Gasteiger partial charge is 0.218 e. The van der Waals surface area contributed by atoms with Crippen molar-refractivity contribution < 1.29 is 14.9 Å². The number of hydrogen-bond donors (Lipinski definition) is 4. The molecule has 0 unspecified atom stereocenters. The molecule has 0 aliphatic heterocycles. The summed E-state index contributed by atoms with van der Waals surface area (Å²) in [6.07, 6.45) is 0.985. The lowest BCUT2D eigenvalue weighted by Crippen LogP contribution is -2.24. The fraction of sp³-hybridized carbons (Fsp3) is 0.281. The van der Waals surface area contributed by atoms with Crippen LogP contribution in [0.5, 0.6) is 5.88 Å². The Morgan fingerprint density at radius 3 is 1.98 bits per heavy atom. The minimum Gasteiger partial charge on any atom is -0.481 e. The number of benzene rings is 2. The highest BCUT2D eigenvalue weighted by Crippen LogP contribution is 2.42. The van der Waals surface area contributed by atoms with Gasteiger partial charge in [0.2, 0.25) is 5.88 Å². The minimum absolute atomic E-state index is 0.431. The SMILES string of the molecule is COc1nc(-c2cccc(-c3cccc(-c4ccc5nc(CNC[C@H](C)O)cn5n4)c3Cl)c2Cl)ccc1CNC[C@H](C)O. The van der Waals surface area contributed by atoms with Gasteiger partial charge in [-0.2, -0.15) is 5.10 Å². The van der Waals surface area contributed by atoms with E-state index in [9.17, 15) is 10.2 Å². The first-order valence-corrected chi connectivity index (χ1v) is 14.8. The van der Waals surface area contributed by atoms with Gasteiger partial charge < -0.3 is 25.6 Å². The Balaban J connectivity index is 1.44. The van der Waals surface area contributed by atoms with E-state index in [2.05, 4.69) is 15.6 Å². The topological polar surface area (TPSA) is 117 Å². The molecule has 0 radical (unpaired) electrons. The number of fused-ring (bicyclic) bond motifs is 1. The quantitative estimate of drug-likeness (QED) is 0.147. The van der Waals surface area contributed by atoms with Crippen LogP contribution in [0.1, 0.15) is 25.1 Å². The van der Waals surface area contributed by atoms with Crippen molar-refractivity contribution in [2.75, 3.05) is 20.2 Å².